The Hall–Kier alpha value is -0.503. The molecule has 0 bridgehead atoms. The molecule has 0 aromatic rings. The molecule has 0 spiro atoms. The van der Waals surface area contributed by atoms with Gasteiger partial charge >= 0.3 is 0 Å². The average molecular weight is 212 g/mol. The maximum absolute atomic E-state index is 5.96. The van der Waals surface area contributed by atoms with Crippen LogP contribution in [0.1, 0.15) is 34.1 Å². The first-order valence-electron chi connectivity index (χ1n) is 5.25. The van der Waals surface area contributed by atoms with Crippen LogP contribution >= 0.6 is 0 Å². The van der Waals surface area contributed by atoms with Crippen LogP contribution in [0.2, 0.25) is 18.1 Å². The molecule has 0 aromatic carbocycles. The first kappa shape index (κ1) is 13.5. The first-order valence-corrected chi connectivity index (χ1v) is 8.16. The minimum Gasteiger partial charge on any atom is -0.544 e. The van der Waals surface area contributed by atoms with Crippen molar-refractivity contribution in [2.24, 2.45) is 0 Å². The normalized spacial score (nSPS) is 13.3. The standard InChI is InChI=1S/C12H24OSi/c1-8-9-10-11(2)13-14(6,7)12(3,4)5/h9-10H,2,8H2,1,3-7H3/b10-9+. The molecule has 2 heteroatoms. The van der Waals surface area contributed by atoms with E-state index in [9.17, 15) is 0 Å². The zero-order valence-electron chi connectivity index (χ0n) is 10.5. The number of hydrogen-bond donors (Lipinski definition) is 0. The van der Waals surface area contributed by atoms with E-state index in [4.69, 9.17) is 4.43 Å². The molecule has 0 fully saturated rings. The van der Waals surface area contributed by atoms with E-state index in [0.29, 0.717) is 0 Å². The Morgan fingerprint density at radius 2 is 1.86 bits per heavy atom. The topological polar surface area (TPSA) is 9.23 Å². The second-order valence-electron chi connectivity index (χ2n) is 5.14. The summed E-state index contributed by atoms with van der Waals surface area (Å²) in [4.78, 5) is 0. The molecule has 0 N–H and O–H groups in total. The van der Waals surface area contributed by atoms with Crippen molar-refractivity contribution in [1.82, 2.24) is 0 Å². The Kier molecular flexibility index (Phi) is 4.65. The fraction of sp³-hybridized carbons (Fsp3) is 0.667. The summed E-state index contributed by atoms with van der Waals surface area (Å²) in [6.45, 7) is 17.2. The third-order valence-corrected chi connectivity index (χ3v) is 7.12. The zero-order valence-corrected chi connectivity index (χ0v) is 11.5. The Balaban J connectivity index is 4.37. The molecule has 0 aliphatic heterocycles. The van der Waals surface area contributed by atoms with E-state index in [1.807, 2.05) is 6.08 Å². The van der Waals surface area contributed by atoms with Gasteiger partial charge in [-0.2, -0.15) is 0 Å². The van der Waals surface area contributed by atoms with Gasteiger partial charge in [-0.3, -0.25) is 0 Å². The highest BCUT2D eigenvalue weighted by Gasteiger charge is 2.38. The van der Waals surface area contributed by atoms with E-state index < -0.39 is 8.32 Å². The van der Waals surface area contributed by atoms with E-state index in [-0.39, 0.29) is 5.04 Å². The fourth-order valence-electron chi connectivity index (χ4n) is 0.764. The van der Waals surface area contributed by atoms with Crippen LogP contribution in [0.5, 0.6) is 0 Å². The van der Waals surface area contributed by atoms with Gasteiger partial charge in [0.05, 0.1) is 5.76 Å². The predicted octanol–water partition coefficient (Wildman–Crippen LogP) is 4.49. The van der Waals surface area contributed by atoms with Crippen LogP contribution in [0, 0.1) is 0 Å². The van der Waals surface area contributed by atoms with Crippen molar-refractivity contribution in [2.75, 3.05) is 0 Å². The SMILES string of the molecule is C=C(/C=C/CC)O[Si](C)(C)C(C)(C)C. The summed E-state index contributed by atoms with van der Waals surface area (Å²) >= 11 is 0. The molecule has 82 valence electrons. The average Bonchev–Trinajstić information content (AvgIpc) is 1.97. The third-order valence-electron chi connectivity index (χ3n) is 2.73. The van der Waals surface area contributed by atoms with Gasteiger partial charge < -0.3 is 4.43 Å². The van der Waals surface area contributed by atoms with Crippen LogP contribution in [0.25, 0.3) is 0 Å². The Morgan fingerprint density at radius 1 is 1.36 bits per heavy atom. The zero-order chi connectivity index (χ0) is 11.4. The molecule has 14 heavy (non-hydrogen) atoms. The minimum absolute atomic E-state index is 0.246. The molecule has 0 heterocycles. The van der Waals surface area contributed by atoms with Gasteiger partial charge in [-0.1, -0.05) is 40.3 Å². The van der Waals surface area contributed by atoms with Crippen molar-refractivity contribution in [1.29, 1.82) is 0 Å². The highest BCUT2D eigenvalue weighted by Crippen LogP contribution is 2.37. The molecule has 0 saturated heterocycles. The Morgan fingerprint density at radius 3 is 2.21 bits per heavy atom. The van der Waals surface area contributed by atoms with Crippen LogP contribution in [0.4, 0.5) is 0 Å². The van der Waals surface area contributed by atoms with Crippen molar-refractivity contribution < 1.29 is 4.43 Å². The van der Waals surface area contributed by atoms with E-state index in [2.05, 4.69) is 53.4 Å². The predicted molar refractivity (Wildman–Crippen MR) is 66.9 cm³/mol. The molecule has 0 aliphatic carbocycles. The van der Waals surface area contributed by atoms with Gasteiger partial charge in [0.25, 0.3) is 0 Å². The molecule has 0 saturated carbocycles. The summed E-state index contributed by atoms with van der Waals surface area (Å²) in [6.07, 6.45) is 5.08. The molecule has 0 aromatic heterocycles. The summed E-state index contributed by atoms with van der Waals surface area (Å²) in [6, 6.07) is 0. The van der Waals surface area contributed by atoms with Crippen LogP contribution in [0.15, 0.2) is 24.5 Å². The van der Waals surface area contributed by atoms with E-state index in [0.717, 1.165) is 12.2 Å². The fourth-order valence-corrected chi connectivity index (χ4v) is 1.79. The Bertz CT molecular complexity index is 221. The molecule has 0 amide bonds. The van der Waals surface area contributed by atoms with Crippen molar-refractivity contribution in [2.45, 2.75) is 52.2 Å². The van der Waals surface area contributed by atoms with Gasteiger partial charge in [0, 0.05) is 0 Å². The largest absolute Gasteiger partial charge is 0.544 e. The van der Waals surface area contributed by atoms with Crippen molar-refractivity contribution in [3.8, 4) is 0 Å². The maximum atomic E-state index is 5.96. The first-order chi connectivity index (χ1) is 6.20. The summed E-state index contributed by atoms with van der Waals surface area (Å²) in [5.41, 5.74) is 0. The lowest BCUT2D eigenvalue weighted by Gasteiger charge is -2.36. The monoisotopic (exact) mass is 212 g/mol. The molecule has 0 atom stereocenters. The Labute approximate surface area is 90.0 Å². The van der Waals surface area contributed by atoms with Crippen molar-refractivity contribution >= 4 is 8.32 Å². The summed E-state index contributed by atoms with van der Waals surface area (Å²) in [5.74, 6) is 0.804. The maximum Gasteiger partial charge on any atom is 0.250 e. The lowest BCUT2D eigenvalue weighted by molar-refractivity contribution is 0.402. The van der Waals surface area contributed by atoms with Crippen LogP contribution in [-0.2, 0) is 4.43 Å². The van der Waals surface area contributed by atoms with Gasteiger partial charge in [-0.05, 0) is 30.6 Å². The molecule has 0 rings (SSSR count). The van der Waals surface area contributed by atoms with E-state index in [1.165, 1.54) is 0 Å². The van der Waals surface area contributed by atoms with Crippen molar-refractivity contribution in [3.05, 3.63) is 24.5 Å². The summed E-state index contributed by atoms with van der Waals surface area (Å²) < 4.78 is 5.96. The quantitative estimate of drug-likeness (QED) is 0.379. The van der Waals surface area contributed by atoms with Gasteiger partial charge in [0.15, 0.2) is 0 Å². The van der Waals surface area contributed by atoms with Crippen LogP contribution in [-0.4, -0.2) is 8.32 Å². The van der Waals surface area contributed by atoms with Gasteiger partial charge in [-0.15, -0.1) is 0 Å². The van der Waals surface area contributed by atoms with Crippen LogP contribution in [0.3, 0.4) is 0 Å². The lowest BCUT2D eigenvalue weighted by atomic mass is 10.2. The van der Waals surface area contributed by atoms with Gasteiger partial charge in [0.2, 0.25) is 8.32 Å². The highest BCUT2D eigenvalue weighted by atomic mass is 28.4. The molecule has 0 aliphatic rings. The summed E-state index contributed by atoms with van der Waals surface area (Å²) in [7, 11) is -1.67. The molecular formula is C12H24OSi. The molecule has 1 nitrogen and oxygen atoms in total. The smallest absolute Gasteiger partial charge is 0.250 e. The second kappa shape index (κ2) is 4.83. The minimum atomic E-state index is -1.67. The lowest BCUT2D eigenvalue weighted by Crippen LogP contribution is -2.40. The molecule has 0 unspecified atom stereocenters. The molecule has 0 radical (unpaired) electrons. The number of rotatable bonds is 4. The van der Waals surface area contributed by atoms with E-state index in [1.54, 1.807) is 0 Å². The van der Waals surface area contributed by atoms with Gasteiger partial charge in [0.1, 0.15) is 0 Å². The third kappa shape index (κ3) is 4.14. The van der Waals surface area contributed by atoms with Gasteiger partial charge in [-0.25, -0.2) is 0 Å². The van der Waals surface area contributed by atoms with Crippen molar-refractivity contribution in [3.63, 3.8) is 0 Å². The number of hydrogen-bond acceptors (Lipinski definition) is 1. The van der Waals surface area contributed by atoms with Crippen LogP contribution < -0.4 is 0 Å². The second-order valence-corrected chi connectivity index (χ2v) is 9.86. The summed E-state index contributed by atoms with van der Waals surface area (Å²) in [5, 5.41) is 0.246. The van der Waals surface area contributed by atoms with E-state index >= 15 is 0 Å². The molecular weight excluding hydrogens is 188 g/mol. The highest BCUT2D eigenvalue weighted by molar-refractivity contribution is 6.74. The number of allylic oxidation sites excluding steroid dienone is 2.